The van der Waals surface area contributed by atoms with Gasteiger partial charge in [0, 0.05) is 24.5 Å². The minimum atomic E-state index is 0.177. The number of fused-ring (bicyclic) bond motifs is 1. The summed E-state index contributed by atoms with van der Waals surface area (Å²) in [7, 11) is 0. The smallest absolute Gasteiger partial charge is 0.253 e. The summed E-state index contributed by atoms with van der Waals surface area (Å²) in [5.74, 6) is 1.77. The lowest BCUT2D eigenvalue weighted by molar-refractivity contribution is -0.130. The number of rotatable bonds is 3. The Morgan fingerprint density at radius 1 is 1.41 bits per heavy atom. The van der Waals surface area contributed by atoms with Crippen LogP contribution in [0.15, 0.2) is 11.2 Å². The molecule has 22 heavy (non-hydrogen) atoms. The highest BCUT2D eigenvalue weighted by atomic mass is 32.2. The van der Waals surface area contributed by atoms with Gasteiger partial charge in [-0.1, -0.05) is 18.7 Å². The van der Waals surface area contributed by atoms with Gasteiger partial charge in [0.15, 0.2) is 0 Å². The predicted octanol–water partition coefficient (Wildman–Crippen LogP) is 2.09. The third kappa shape index (κ3) is 3.24. The van der Waals surface area contributed by atoms with Crippen LogP contribution >= 0.6 is 11.8 Å². The number of piperidine rings is 1. The Kier molecular flexibility index (Phi) is 4.33. The summed E-state index contributed by atoms with van der Waals surface area (Å²) in [6.07, 6.45) is 2.32. The van der Waals surface area contributed by atoms with Gasteiger partial charge < -0.3 is 4.90 Å². The summed E-state index contributed by atoms with van der Waals surface area (Å²) in [4.78, 5) is 23.0. The summed E-state index contributed by atoms with van der Waals surface area (Å²) >= 11 is 1.39. The average molecular weight is 319 g/mol. The van der Waals surface area contributed by atoms with Crippen LogP contribution < -0.4 is 0 Å². The molecule has 6 nitrogen and oxygen atoms in total. The van der Waals surface area contributed by atoms with E-state index in [1.165, 1.54) is 18.2 Å². The Hall–Kier alpha value is -1.63. The molecule has 0 aliphatic carbocycles. The minimum Gasteiger partial charge on any atom is -0.342 e. The maximum atomic E-state index is 12.3. The number of aromatic nitrogens is 4. The fraction of sp³-hybridized carbons (Fsp3) is 0.600. The van der Waals surface area contributed by atoms with Crippen LogP contribution in [-0.2, 0) is 4.79 Å². The van der Waals surface area contributed by atoms with E-state index in [-0.39, 0.29) is 5.91 Å². The number of aryl methyl sites for hydroxylation is 2. The molecular formula is C15H21N5OS. The molecule has 1 amide bonds. The first-order valence-corrected chi connectivity index (χ1v) is 8.63. The standard InChI is InChI=1S/C15H21N5OS/c1-10-5-4-6-19(8-10)13(21)9-22-15-17-14-16-11(2)7-12(3)20(14)18-15/h7,10H,4-6,8-9H2,1-3H3. The van der Waals surface area contributed by atoms with Crippen LogP contribution in [0.5, 0.6) is 0 Å². The van der Waals surface area contributed by atoms with Crippen molar-refractivity contribution in [1.82, 2.24) is 24.5 Å². The SMILES string of the molecule is Cc1cc(C)n2nc(SCC(=O)N3CCCC(C)C3)nc2n1. The monoisotopic (exact) mass is 319 g/mol. The molecule has 1 atom stereocenters. The Labute approximate surface area is 134 Å². The molecule has 1 saturated heterocycles. The quantitative estimate of drug-likeness (QED) is 0.811. The summed E-state index contributed by atoms with van der Waals surface area (Å²) in [5.41, 5.74) is 1.92. The van der Waals surface area contributed by atoms with E-state index in [0.717, 1.165) is 30.9 Å². The van der Waals surface area contributed by atoms with Crippen LogP contribution in [-0.4, -0.2) is 49.2 Å². The average Bonchev–Trinajstić information content (AvgIpc) is 2.88. The zero-order chi connectivity index (χ0) is 15.7. The number of likely N-dealkylation sites (tertiary alicyclic amines) is 1. The van der Waals surface area contributed by atoms with Crippen molar-refractivity contribution in [2.75, 3.05) is 18.8 Å². The third-order valence-corrected chi connectivity index (χ3v) is 4.76. The lowest BCUT2D eigenvalue weighted by atomic mass is 10.0. The van der Waals surface area contributed by atoms with Crippen molar-refractivity contribution in [3.8, 4) is 0 Å². The highest BCUT2D eigenvalue weighted by Gasteiger charge is 2.21. The molecule has 1 aliphatic heterocycles. The topological polar surface area (TPSA) is 63.4 Å². The summed E-state index contributed by atoms with van der Waals surface area (Å²) in [6.45, 7) is 7.87. The van der Waals surface area contributed by atoms with E-state index in [1.54, 1.807) is 4.52 Å². The fourth-order valence-corrected chi connectivity index (χ4v) is 3.56. The first-order chi connectivity index (χ1) is 10.5. The molecule has 1 unspecified atom stereocenters. The van der Waals surface area contributed by atoms with Crippen molar-refractivity contribution < 1.29 is 4.79 Å². The van der Waals surface area contributed by atoms with Crippen LogP contribution in [0.4, 0.5) is 0 Å². The van der Waals surface area contributed by atoms with Crippen LogP contribution in [0.1, 0.15) is 31.2 Å². The summed E-state index contributed by atoms with van der Waals surface area (Å²) < 4.78 is 1.72. The van der Waals surface area contributed by atoms with E-state index in [0.29, 0.717) is 22.6 Å². The van der Waals surface area contributed by atoms with E-state index < -0.39 is 0 Å². The Morgan fingerprint density at radius 3 is 3.00 bits per heavy atom. The first-order valence-electron chi connectivity index (χ1n) is 7.64. The minimum absolute atomic E-state index is 0.177. The van der Waals surface area contributed by atoms with E-state index >= 15 is 0 Å². The molecule has 1 aliphatic rings. The number of nitrogens with zero attached hydrogens (tertiary/aromatic N) is 5. The second kappa shape index (κ2) is 6.24. The van der Waals surface area contributed by atoms with Crippen molar-refractivity contribution in [2.24, 2.45) is 5.92 Å². The summed E-state index contributed by atoms with van der Waals surface area (Å²) in [5, 5.41) is 5.03. The Bertz CT molecular complexity index is 699. The fourth-order valence-electron chi connectivity index (χ4n) is 2.84. The Balaban J connectivity index is 1.66. The highest BCUT2D eigenvalue weighted by Crippen LogP contribution is 2.19. The number of amides is 1. The third-order valence-electron chi connectivity index (χ3n) is 3.93. The van der Waals surface area contributed by atoms with Crippen LogP contribution in [0.2, 0.25) is 0 Å². The number of hydrogen-bond donors (Lipinski definition) is 0. The summed E-state index contributed by atoms with van der Waals surface area (Å²) in [6, 6.07) is 1.97. The van der Waals surface area contributed by atoms with Gasteiger partial charge in [-0.05, 0) is 38.7 Å². The van der Waals surface area contributed by atoms with E-state index in [2.05, 4.69) is 22.0 Å². The van der Waals surface area contributed by atoms with Gasteiger partial charge >= 0.3 is 0 Å². The normalized spacial score (nSPS) is 18.9. The predicted molar refractivity (Wildman–Crippen MR) is 86.0 cm³/mol. The molecule has 2 aromatic rings. The number of carbonyl (C=O) groups excluding carboxylic acids is 1. The maximum absolute atomic E-state index is 12.3. The van der Waals surface area contributed by atoms with Gasteiger partial charge in [0.2, 0.25) is 11.1 Å². The maximum Gasteiger partial charge on any atom is 0.253 e. The molecule has 118 valence electrons. The van der Waals surface area contributed by atoms with Crippen molar-refractivity contribution in [3.05, 3.63) is 17.5 Å². The molecule has 0 bridgehead atoms. The lowest BCUT2D eigenvalue weighted by Gasteiger charge is -2.30. The van der Waals surface area contributed by atoms with Crippen molar-refractivity contribution in [1.29, 1.82) is 0 Å². The van der Waals surface area contributed by atoms with Crippen LogP contribution in [0.25, 0.3) is 5.78 Å². The van der Waals surface area contributed by atoms with Gasteiger partial charge in [-0.3, -0.25) is 4.79 Å². The van der Waals surface area contributed by atoms with Gasteiger partial charge in [0.05, 0.1) is 5.75 Å². The van der Waals surface area contributed by atoms with Gasteiger partial charge in [0.25, 0.3) is 5.78 Å². The Morgan fingerprint density at radius 2 is 2.23 bits per heavy atom. The second-order valence-electron chi connectivity index (χ2n) is 6.02. The van der Waals surface area contributed by atoms with E-state index in [9.17, 15) is 4.79 Å². The molecule has 0 saturated carbocycles. The first kappa shape index (κ1) is 15.3. The molecular weight excluding hydrogens is 298 g/mol. The van der Waals surface area contributed by atoms with Crippen molar-refractivity contribution in [3.63, 3.8) is 0 Å². The van der Waals surface area contributed by atoms with Crippen molar-refractivity contribution in [2.45, 2.75) is 38.8 Å². The van der Waals surface area contributed by atoms with Gasteiger partial charge in [-0.25, -0.2) is 9.50 Å². The highest BCUT2D eigenvalue weighted by molar-refractivity contribution is 7.99. The molecule has 1 fully saturated rings. The zero-order valence-corrected chi connectivity index (χ0v) is 14.1. The molecule has 7 heteroatoms. The number of hydrogen-bond acceptors (Lipinski definition) is 5. The zero-order valence-electron chi connectivity index (χ0n) is 13.2. The molecule has 0 N–H and O–H groups in total. The molecule has 0 spiro atoms. The van der Waals surface area contributed by atoms with Gasteiger partial charge in [-0.15, -0.1) is 5.10 Å². The largest absolute Gasteiger partial charge is 0.342 e. The van der Waals surface area contributed by atoms with E-state index in [1.807, 2.05) is 24.8 Å². The second-order valence-corrected chi connectivity index (χ2v) is 6.96. The lowest BCUT2D eigenvalue weighted by Crippen LogP contribution is -2.40. The molecule has 3 rings (SSSR count). The number of thioether (sulfide) groups is 1. The van der Waals surface area contributed by atoms with E-state index in [4.69, 9.17) is 0 Å². The van der Waals surface area contributed by atoms with Crippen LogP contribution in [0, 0.1) is 19.8 Å². The molecule has 0 radical (unpaired) electrons. The molecule has 2 aromatic heterocycles. The van der Waals surface area contributed by atoms with Crippen molar-refractivity contribution >= 4 is 23.4 Å². The molecule has 3 heterocycles. The number of carbonyl (C=O) groups is 1. The van der Waals surface area contributed by atoms with Gasteiger partial charge in [0.1, 0.15) is 0 Å². The van der Waals surface area contributed by atoms with Gasteiger partial charge in [-0.2, -0.15) is 4.98 Å². The van der Waals surface area contributed by atoms with Crippen LogP contribution in [0.3, 0.4) is 0 Å². The molecule has 0 aromatic carbocycles.